The molecule has 94 valence electrons. The highest BCUT2D eigenvalue weighted by atomic mass is 16.5. The van der Waals surface area contributed by atoms with Gasteiger partial charge in [0.1, 0.15) is 11.5 Å². The Labute approximate surface area is 107 Å². The van der Waals surface area contributed by atoms with Crippen molar-refractivity contribution in [3.8, 4) is 22.6 Å². The summed E-state index contributed by atoms with van der Waals surface area (Å²) in [6, 6.07) is 7.46. The van der Waals surface area contributed by atoms with Gasteiger partial charge < -0.3 is 9.84 Å². The Morgan fingerprint density at radius 3 is 2.56 bits per heavy atom. The standard InChI is InChI=1S/C15H17NO2/c1-10(2)18-14-7-13(8-16-9-14)12-4-5-15(17)11(3)6-12/h4-10,17H,1-3H3. The Hall–Kier alpha value is -2.03. The summed E-state index contributed by atoms with van der Waals surface area (Å²) in [5.74, 6) is 1.06. The quantitative estimate of drug-likeness (QED) is 0.896. The van der Waals surface area contributed by atoms with Crippen LogP contribution >= 0.6 is 0 Å². The van der Waals surface area contributed by atoms with Crippen LogP contribution in [0.15, 0.2) is 36.7 Å². The fourth-order valence-corrected chi connectivity index (χ4v) is 1.75. The van der Waals surface area contributed by atoms with Crippen molar-refractivity contribution >= 4 is 0 Å². The Bertz CT molecular complexity index is 550. The number of ether oxygens (including phenoxy) is 1. The van der Waals surface area contributed by atoms with Gasteiger partial charge >= 0.3 is 0 Å². The molecule has 1 N–H and O–H groups in total. The number of aromatic nitrogens is 1. The van der Waals surface area contributed by atoms with Crippen LogP contribution in [0.3, 0.4) is 0 Å². The fourth-order valence-electron chi connectivity index (χ4n) is 1.75. The predicted molar refractivity (Wildman–Crippen MR) is 71.8 cm³/mol. The summed E-state index contributed by atoms with van der Waals surface area (Å²) in [5, 5.41) is 9.52. The zero-order chi connectivity index (χ0) is 13.1. The summed E-state index contributed by atoms with van der Waals surface area (Å²) in [4.78, 5) is 4.18. The highest BCUT2D eigenvalue weighted by molar-refractivity contribution is 5.65. The molecule has 0 fully saturated rings. The molecule has 1 aromatic carbocycles. The molecule has 0 amide bonds. The molecule has 1 aromatic heterocycles. The smallest absolute Gasteiger partial charge is 0.138 e. The maximum atomic E-state index is 9.52. The van der Waals surface area contributed by atoms with Crippen molar-refractivity contribution in [2.75, 3.05) is 0 Å². The van der Waals surface area contributed by atoms with Crippen molar-refractivity contribution in [2.45, 2.75) is 26.9 Å². The van der Waals surface area contributed by atoms with Gasteiger partial charge in [-0.1, -0.05) is 6.07 Å². The van der Waals surface area contributed by atoms with Gasteiger partial charge in [-0.2, -0.15) is 0 Å². The molecular weight excluding hydrogens is 226 g/mol. The van der Waals surface area contributed by atoms with Crippen LogP contribution < -0.4 is 4.74 Å². The van der Waals surface area contributed by atoms with Crippen LogP contribution in [-0.4, -0.2) is 16.2 Å². The van der Waals surface area contributed by atoms with E-state index in [9.17, 15) is 5.11 Å². The number of pyridine rings is 1. The zero-order valence-corrected chi connectivity index (χ0v) is 10.8. The van der Waals surface area contributed by atoms with E-state index < -0.39 is 0 Å². The average Bonchev–Trinajstić information content (AvgIpc) is 2.32. The second-order valence-corrected chi connectivity index (χ2v) is 4.58. The van der Waals surface area contributed by atoms with E-state index in [4.69, 9.17) is 4.74 Å². The molecule has 0 saturated heterocycles. The van der Waals surface area contributed by atoms with Gasteiger partial charge in [-0.05, 0) is 50.1 Å². The number of aromatic hydroxyl groups is 1. The lowest BCUT2D eigenvalue weighted by Crippen LogP contribution is -2.05. The normalized spacial score (nSPS) is 10.7. The lowest BCUT2D eigenvalue weighted by Gasteiger charge is -2.10. The lowest BCUT2D eigenvalue weighted by molar-refractivity contribution is 0.241. The van der Waals surface area contributed by atoms with E-state index in [0.29, 0.717) is 5.75 Å². The highest BCUT2D eigenvalue weighted by Gasteiger charge is 2.04. The maximum absolute atomic E-state index is 9.52. The van der Waals surface area contributed by atoms with Gasteiger partial charge in [-0.25, -0.2) is 0 Å². The number of nitrogens with zero attached hydrogens (tertiary/aromatic N) is 1. The molecule has 0 bridgehead atoms. The third-order valence-corrected chi connectivity index (χ3v) is 2.62. The van der Waals surface area contributed by atoms with Crippen molar-refractivity contribution in [2.24, 2.45) is 0 Å². The summed E-state index contributed by atoms with van der Waals surface area (Å²) in [6.45, 7) is 5.84. The summed E-state index contributed by atoms with van der Waals surface area (Å²) < 4.78 is 5.62. The molecule has 0 saturated carbocycles. The molecule has 0 unspecified atom stereocenters. The highest BCUT2D eigenvalue weighted by Crippen LogP contribution is 2.27. The topological polar surface area (TPSA) is 42.4 Å². The van der Waals surface area contributed by atoms with Crippen LogP contribution in [-0.2, 0) is 0 Å². The predicted octanol–water partition coefficient (Wildman–Crippen LogP) is 3.55. The SMILES string of the molecule is Cc1cc(-c2cncc(OC(C)C)c2)ccc1O. The fraction of sp³-hybridized carbons (Fsp3) is 0.267. The van der Waals surface area contributed by atoms with E-state index in [2.05, 4.69) is 4.98 Å². The molecule has 0 radical (unpaired) electrons. The molecule has 3 nitrogen and oxygen atoms in total. The minimum atomic E-state index is 0.128. The molecule has 3 heteroatoms. The second-order valence-electron chi connectivity index (χ2n) is 4.58. The van der Waals surface area contributed by atoms with Gasteiger partial charge in [0, 0.05) is 11.8 Å². The third kappa shape index (κ3) is 2.80. The molecule has 2 aromatic rings. The van der Waals surface area contributed by atoms with E-state index in [0.717, 1.165) is 22.4 Å². The molecule has 0 aliphatic heterocycles. The van der Waals surface area contributed by atoms with Gasteiger partial charge in [0.05, 0.1) is 12.3 Å². The van der Waals surface area contributed by atoms with Crippen LogP contribution in [0.25, 0.3) is 11.1 Å². The first-order valence-electron chi connectivity index (χ1n) is 5.98. The Morgan fingerprint density at radius 1 is 1.11 bits per heavy atom. The molecular formula is C15H17NO2. The number of rotatable bonds is 3. The number of hydrogen-bond donors (Lipinski definition) is 1. The van der Waals surface area contributed by atoms with Gasteiger partial charge in [-0.3, -0.25) is 4.98 Å². The monoisotopic (exact) mass is 243 g/mol. The largest absolute Gasteiger partial charge is 0.508 e. The lowest BCUT2D eigenvalue weighted by atomic mass is 10.0. The van der Waals surface area contributed by atoms with Crippen molar-refractivity contribution in [1.82, 2.24) is 4.98 Å². The average molecular weight is 243 g/mol. The Balaban J connectivity index is 2.35. The number of phenols is 1. The first-order valence-corrected chi connectivity index (χ1v) is 5.98. The molecule has 1 heterocycles. The molecule has 18 heavy (non-hydrogen) atoms. The van der Waals surface area contributed by atoms with Crippen LogP contribution in [0.1, 0.15) is 19.4 Å². The number of benzene rings is 1. The van der Waals surface area contributed by atoms with Crippen LogP contribution in [0.4, 0.5) is 0 Å². The van der Waals surface area contributed by atoms with Crippen LogP contribution in [0.5, 0.6) is 11.5 Å². The minimum Gasteiger partial charge on any atom is -0.508 e. The summed E-state index contributed by atoms with van der Waals surface area (Å²) >= 11 is 0. The molecule has 0 aliphatic rings. The van der Waals surface area contributed by atoms with E-state index in [1.807, 2.05) is 39.0 Å². The van der Waals surface area contributed by atoms with E-state index >= 15 is 0 Å². The first-order chi connectivity index (χ1) is 8.56. The van der Waals surface area contributed by atoms with Crippen molar-refractivity contribution in [3.05, 3.63) is 42.2 Å². The molecule has 2 rings (SSSR count). The van der Waals surface area contributed by atoms with Gasteiger partial charge in [0.2, 0.25) is 0 Å². The minimum absolute atomic E-state index is 0.128. The Morgan fingerprint density at radius 2 is 1.89 bits per heavy atom. The van der Waals surface area contributed by atoms with E-state index in [-0.39, 0.29) is 6.10 Å². The summed E-state index contributed by atoms with van der Waals surface area (Å²) in [6.07, 6.45) is 3.62. The van der Waals surface area contributed by atoms with Gasteiger partial charge in [-0.15, -0.1) is 0 Å². The second kappa shape index (κ2) is 5.08. The molecule has 0 spiro atoms. The number of aryl methyl sites for hydroxylation is 1. The van der Waals surface area contributed by atoms with Crippen molar-refractivity contribution in [3.63, 3.8) is 0 Å². The first kappa shape index (κ1) is 12.4. The molecule has 0 atom stereocenters. The van der Waals surface area contributed by atoms with E-state index in [1.54, 1.807) is 18.5 Å². The van der Waals surface area contributed by atoms with Crippen LogP contribution in [0.2, 0.25) is 0 Å². The third-order valence-electron chi connectivity index (χ3n) is 2.62. The zero-order valence-electron chi connectivity index (χ0n) is 10.8. The van der Waals surface area contributed by atoms with Gasteiger partial charge in [0.25, 0.3) is 0 Å². The van der Waals surface area contributed by atoms with Crippen molar-refractivity contribution in [1.29, 1.82) is 0 Å². The van der Waals surface area contributed by atoms with Crippen molar-refractivity contribution < 1.29 is 9.84 Å². The van der Waals surface area contributed by atoms with E-state index in [1.165, 1.54) is 0 Å². The Kier molecular flexibility index (Phi) is 3.51. The van der Waals surface area contributed by atoms with Gasteiger partial charge in [0.15, 0.2) is 0 Å². The number of hydrogen-bond acceptors (Lipinski definition) is 3. The van der Waals surface area contributed by atoms with Crippen LogP contribution in [0, 0.1) is 6.92 Å². The number of phenolic OH excluding ortho intramolecular Hbond substituents is 1. The summed E-state index contributed by atoms with van der Waals surface area (Å²) in [5.41, 5.74) is 2.85. The maximum Gasteiger partial charge on any atom is 0.138 e. The summed E-state index contributed by atoms with van der Waals surface area (Å²) in [7, 11) is 0. The molecule has 0 aliphatic carbocycles.